The molecule has 1 unspecified atom stereocenters. The van der Waals surface area contributed by atoms with Gasteiger partial charge in [-0.25, -0.2) is 4.52 Å². The molecule has 1 saturated heterocycles. The van der Waals surface area contributed by atoms with Crippen LogP contribution in [0.3, 0.4) is 0 Å². The first-order valence-electron chi connectivity index (χ1n) is 8.50. The minimum Gasteiger partial charge on any atom is -0.376 e. The van der Waals surface area contributed by atoms with E-state index in [1.54, 1.807) is 0 Å². The van der Waals surface area contributed by atoms with Gasteiger partial charge in [-0.1, -0.05) is 12.1 Å². The van der Waals surface area contributed by atoms with Crippen LogP contribution in [-0.4, -0.2) is 39.3 Å². The van der Waals surface area contributed by atoms with E-state index in [1.807, 2.05) is 40.4 Å². The van der Waals surface area contributed by atoms with E-state index in [0.717, 1.165) is 36.0 Å². The molecule has 1 aromatic carbocycles. The molecule has 3 heterocycles. The first-order valence-corrected chi connectivity index (χ1v) is 8.50. The Bertz CT molecular complexity index is 999. The first-order chi connectivity index (χ1) is 12.1. The molecule has 1 atom stereocenters. The third-order valence-electron chi connectivity index (χ3n) is 4.59. The number of aromatic nitrogens is 3. The first kappa shape index (κ1) is 15.8. The summed E-state index contributed by atoms with van der Waals surface area (Å²) in [5, 5.41) is 3.80. The lowest BCUT2D eigenvalue weighted by Crippen LogP contribution is -2.35. The maximum absolute atomic E-state index is 12.4. The molecule has 2 aromatic heterocycles. The van der Waals surface area contributed by atoms with Crippen molar-refractivity contribution in [2.45, 2.75) is 32.4 Å². The Morgan fingerprint density at radius 2 is 2.24 bits per heavy atom. The lowest BCUT2D eigenvalue weighted by molar-refractivity contribution is -0.122. The fraction of sp³-hybridized carbons (Fsp3) is 0.389. The molecule has 3 aromatic rings. The third-order valence-corrected chi connectivity index (χ3v) is 4.59. The minimum atomic E-state index is -0.275. The maximum Gasteiger partial charge on any atom is 0.273 e. The minimum absolute atomic E-state index is 0.0868. The van der Waals surface area contributed by atoms with Crippen molar-refractivity contribution >= 4 is 22.5 Å². The summed E-state index contributed by atoms with van der Waals surface area (Å²) in [7, 11) is 0. The Kier molecular flexibility index (Phi) is 4.01. The highest BCUT2D eigenvalue weighted by molar-refractivity contribution is 5.93. The van der Waals surface area contributed by atoms with Crippen molar-refractivity contribution in [3.63, 3.8) is 0 Å². The van der Waals surface area contributed by atoms with Gasteiger partial charge in [-0.3, -0.25) is 14.3 Å². The van der Waals surface area contributed by atoms with Gasteiger partial charge in [0.05, 0.1) is 11.6 Å². The van der Waals surface area contributed by atoms with E-state index in [0.29, 0.717) is 12.2 Å². The summed E-state index contributed by atoms with van der Waals surface area (Å²) < 4.78 is 9.23. The summed E-state index contributed by atoms with van der Waals surface area (Å²) in [5.74, 6) is -0.0868. The van der Waals surface area contributed by atoms with Gasteiger partial charge in [-0.2, -0.15) is 4.98 Å². The Morgan fingerprint density at radius 1 is 1.40 bits per heavy atom. The summed E-state index contributed by atoms with van der Waals surface area (Å²) in [6.07, 6.45) is 2.15. The van der Waals surface area contributed by atoms with E-state index in [1.165, 1.54) is 6.07 Å². The Morgan fingerprint density at radius 3 is 3.04 bits per heavy atom. The molecule has 0 aliphatic carbocycles. The van der Waals surface area contributed by atoms with E-state index >= 15 is 0 Å². The van der Waals surface area contributed by atoms with Crippen molar-refractivity contribution in [1.82, 2.24) is 19.5 Å². The SMILES string of the molecule is Cc1cc(=O)nc2c3ccccc3n(CC(=O)NCC3CCCO3)n12. The van der Waals surface area contributed by atoms with Gasteiger partial charge in [-0.15, -0.1) is 0 Å². The number of carbonyl (C=O) groups excluding carboxylic acids is 1. The predicted molar refractivity (Wildman–Crippen MR) is 93.7 cm³/mol. The summed E-state index contributed by atoms with van der Waals surface area (Å²) >= 11 is 0. The average Bonchev–Trinajstić information content (AvgIpc) is 3.21. The van der Waals surface area contributed by atoms with Crippen molar-refractivity contribution in [2.24, 2.45) is 0 Å². The van der Waals surface area contributed by atoms with E-state index < -0.39 is 0 Å². The van der Waals surface area contributed by atoms with Crippen molar-refractivity contribution in [3.8, 4) is 0 Å². The number of benzene rings is 1. The van der Waals surface area contributed by atoms with Crippen molar-refractivity contribution < 1.29 is 9.53 Å². The van der Waals surface area contributed by atoms with Gasteiger partial charge < -0.3 is 10.1 Å². The molecule has 25 heavy (non-hydrogen) atoms. The molecule has 130 valence electrons. The number of para-hydroxylation sites is 1. The van der Waals surface area contributed by atoms with Crippen LogP contribution in [0.4, 0.5) is 0 Å². The van der Waals surface area contributed by atoms with Crippen LogP contribution in [0.25, 0.3) is 16.6 Å². The zero-order valence-corrected chi connectivity index (χ0v) is 14.1. The summed E-state index contributed by atoms with van der Waals surface area (Å²) in [6, 6.07) is 9.14. The number of nitrogens with one attached hydrogen (secondary N) is 1. The van der Waals surface area contributed by atoms with Gasteiger partial charge in [0, 0.05) is 30.3 Å². The zero-order valence-electron chi connectivity index (χ0n) is 14.1. The highest BCUT2D eigenvalue weighted by Crippen LogP contribution is 2.21. The largest absolute Gasteiger partial charge is 0.376 e. The van der Waals surface area contributed by atoms with Crippen LogP contribution < -0.4 is 10.9 Å². The van der Waals surface area contributed by atoms with Crippen LogP contribution in [0.1, 0.15) is 18.5 Å². The normalized spacial score (nSPS) is 17.4. The van der Waals surface area contributed by atoms with Crippen LogP contribution in [0.2, 0.25) is 0 Å². The maximum atomic E-state index is 12.4. The Balaban J connectivity index is 1.69. The summed E-state index contributed by atoms with van der Waals surface area (Å²) in [4.78, 5) is 28.4. The van der Waals surface area contributed by atoms with Crippen LogP contribution >= 0.6 is 0 Å². The molecular weight excluding hydrogens is 320 g/mol. The second-order valence-electron chi connectivity index (χ2n) is 6.39. The fourth-order valence-corrected chi connectivity index (χ4v) is 3.45. The van der Waals surface area contributed by atoms with Gasteiger partial charge in [0.1, 0.15) is 6.54 Å². The van der Waals surface area contributed by atoms with Gasteiger partial charge in [0.15, 0.2) is 5.65 Å². The number of nitrogens with zero attached hydrogens (tertiary/aromatic N) is 3. The molecule has 1 N–H and O–H groups in total. The molecule has 7 nitrogen and oxygen atoms in total. The topological polar surface area (TPSA) is 77.6 Å². The highest BCUT2D eigenvalue weighted by atomic mass is 16.5. The monoisotopic (exact) mass is 340 g/mol. The fourth-order valence-electron chi connectivity index (χ4n) is 3.45. The van der Waals surface area contributed by atoms with Crippen molar-refractivity contribution in [1.29, 1.82) is 0 Å². The number of fused-ring (bicyclic) bond motifs is 3. The van der Waals surface area contributed by atoms with Crippen LogP contribution in [0.15, 0.2) is 35.1 Å². The number of rotatable bonds is 4. The molecule has 0 spiro atoms. The third kappa shape index (κ3) is 2.91. The lowest BCUT2D eigenvalue weighted by Gasteiger charge is -2.13. The second kappa shape index (κ2) is 6.33. The number of aryl methyl sites for hydroxylation is 1. The lowest BCUT2D eigenvalue weighted by atomic mass is 10.2. The van der Waals surface area contributed by atoms with E-state index in [-0.39, 0.29) is 24.1 Å². The molecular formula is C18H20N4O3. The molecule has 0 radical (unpaired) electrons. The molecule has 1 aliphatic heterocycles. The molecule has 1 fully saturated rings. The number of ether oxygens (including phenoxy) is 1. The number of hydrogen-bond donors (Lipinski definition) is 1. The molecule has 1 aliphatic rings. The highest BCUT2D eigenvalue weighted by Gasteiger charge is 2.18. The van der Waals surface area contributed by atoms with E-state index in [4.69, 9.17) is 4.74 Å². The van der Waals surface area contributed by atoms with Gasteiger partial charge in [0.25, 0.3) is 5.56 Å². The van der Waals surface area contributed by atoms with Gasteiger partial charge in [0.2, 0.25) is 5.91 Å². The average molecular weight is 340 g/mol. The predicted octanol–water partition coefficient (Wildman–Crippen LogP) is 1.25. The Hall–Kier alpha value is -2.67. The standard InChI is InChI=1S/C18H20N4O3/c1-12-9-16(23)20-18-14-6-2-3-7-15(14)21(22(12)18)11-17(24)19-10-13-5-4-8-25-13/h2-3,6-7,9,13H,4-5,8,10-11H2,1H3,(H,19,24). The van der Waals surface area contributed by atoms with Crippen LogP contribution in [0, 0.1) is 6.92 Å². The quantitative estimate of drug-likeness (QED) is 0.775. The van der Waals surface area contributed by atoms with E-state index in [2.05, 4.69) is 10.3 Å². The molecule has 0 saturated carbocycles. The van der Waals surface area contributed by atoms with Gasteiger partial charge in [-0.05, 0) is 31.9 Å². The van der Waals surface area contributed by atoms with Crippen LogP contribution in [-0.2, 0) is 16.1 Å². The molecule has 0 bridgehead atoms. The van der Waals surface area contributed by atoms with Crippen molar-refractivity contribution in [2.75, 3.05) is 13.2 Å². The van der Waals surface area contributed by atoms with Crippen molar-refractivity contribution in [3.05, 3.63) is 46.4 Å². The smallest absolute Gasteiger partial charge is 0.273 e. The summed E-state index contributed by atoms with van der Waals surface area (Å²) in [5.41, 5.74) is 1.92. The van der Waals surface area contributed by atoms with Crippen LogP contribution in [0.5, 0.6) is 0 Å². The zero-order chi connectivity index (χ0) is 17.4. The second-order valence-corrected chi connectivity index (χ2v) is 6.39. The molecule has 7 heteroatoms. The molecule has 1 amide bonds. The van der Waals surface area contributed by atoms with E-state index in [9.17, 15) is 9.59 Å². The van der Waals surface area contributed by atoms with Gasteiger partial charge >= 0.3 is 0 Å². The molecule has 4 rings (SSSR count). The number of carbonyl (C=O) groups is 1. The number of amides is 1. The Labute approximate surface area is 144 Å². The summed E-state index contributed by atoms with van der Waals surface area (Å²) in [6.45, 7) is 3.30. The number of hydrogen-bond acceptors (Lipinski definition) is 4.